The van der Waals surface area contributed by atoms with Crippen molar-refractivity contribution >= 4 is 11.6 Å². The van der Waals surface area contributed by atoms with Crippen LogP contribution in [0.4, 0.5) is 0 Å². The fourth-order valence-corrected chi connectivity index (χ4v) is 6.40. The Labute approximate surface area is 150 Å². The van der Waals surface area contributed by atoms with Gasteiger partial charge >= 0.3 is 0 Å². The van der Waals surface area contributed by atoms with Crippen molar-refractivity contribution in [3.05, 3.63) is 22.8 Å². The molecule has 0 aromatic rings. The highest BCUT2D eigenvalue weighted by Gasteiger charge is 2.55. The first-order valence-electron chi connectivity index (χ1n) is 9.98. The van der Waals surface area contributed by atoms with E-state index in [9.17, 15) is 9.59 Å². The van der Waals surface area contributed by atoms with E-state index >= 15 is 0 Å². The minimum Gasteiger partial charge on any atom is -0.374 e. The molecule has 0 heterocycles. The summed E-state index contributed by atoms with van der Waals surface area (Å²) >= 11 is 0. The number of carbonyl (C=O) groups is 2. The second-order valence-corrected chi connectivity index (χ2v) is 8.79. The Hall–Kier alpha value is -1.22. The number of Topliss-reactive ketones (excluding diaryl/α,β-unsaturated/α-hetero) is 1. The van der Waals surface area contributed by atoms with Gasteiger partial charge in [-0.05, 0) is 86.8 Å². The zero-order valence-electron chi connectivity index (χ0n) is 15.8. The second-order valence-electron chi connectivity index (χ2n) is 8.79. The molecule has 0 N–H and O–H groups in total. The van der Waals surface area contributed by atoms with Crippen molar-refractivity contribution in [2.45, 2.75) is 71.3 Å². The molecule has 2 saturated carbocycles. The number of methoxy groups -OCH3 is 1. The van der Waals surface area contributed by atoms with E-state index in [4.69, 9.17) is 4.74 Å². The summed E-state index contributed by atoms with van der Waals surface area (Å²) in [6.45, 7) is 4.09. The molecule has 4 aliphatic carbocycles. The molecule has 0 aromatic heterocycles. The van der Waals surface area contributed by atoms with Crippen molar-refractivity contribution in [2.75, 3.05) is 7.11 Å². The van der Waals surface area contributed by atoms with Crippen LogP contribution >= 0.6 is 0 Å². The summed E-state index contributed by atoms with van der Waals surface area (Å²) in [5.74, 6) is 2.40. The molecule has 0 aliphatic heterocycles. The molecule has 3 heteroatoms. The van der Waals surface area contributed by atoms with Gasteiger partial charge in [0.05, 0.1) is 0 Å². The van der Waals surface area contributed by atoms with Crippen LogP contribution < -0.4 is 0 Å². The van der Waals surface area contributed by atoms with Crippen LogP contribution in [-0.4, -0.2) is 24.8 Å². The number of allylic oxidation sites excluding steroid dienone is 4. The predicted octanol–water partition coefficient (Wildman–Crippen LogP) is 4.41. The summed E-state index contributed by atoms with van der Waals surface area (Å²) in [5.41, 5.74) is 4.27. The smallest absolute Gasteiger partial charge is 0.167 e. The van der Waals surface area contributed by atoms with Gasteiger partial charge in [0, 0.05) is 18.9 Å². The molecule has 4 aliphatic rings. The molecule has 0 aromatic carbocycles. The normalized spacial score (nSPS) is 38.6. The largest absolute Gasteiger partial charge is 0.374 e. The molecular weight excluding hydrogens is 312 g/mol. The van der Waals surface area contributed by atoms with E-state index in [2.05, 4.69) is 6.92 Å². The maximum Gasteiger partial charge on any atom is 0.167 e. The van der Waals surface area contributed by atoms with Crippen molar-refractivity contribution < 1.29 is 14.3 Å². The average molecular weight is 342 g/mol. The summed E-state index contributed by atoms with van der Waals surface area (Å²) in [6.07, 6.45) is 9.90. The van der Waals surface area contributed by atoms with Gasteiger partial charge in [0.25, 0.3) is 0 Å². The van der Waals surface area contributed by atoms with E-state index in [1.807, 2.05) is 13.0 Å². The Morgan fingerprint density at radius 2 is 2.00 bits per heavy atom. The van der Waals surface area contributed by atoms with Gasteiger partial charge in [-0.25, -0.2) is 0 Å². The molecule has 0 radical (unpaired) electrons. The standard InChI is InChI=1S/C22H30O3/c1-13(25-3)21(24)22(2)11-10-19-18-6-4-14-12-15(23)5-7-16(14)17(18)8-9-20(19)22/h12-13,18-20H,4-11H2,1-3H3. The van der Waals surface area contributed by atoms with Crippen molar-refractivity contribution in [3.8, 4) is 0 Å². The van der Waals surface area contributed by atoms with Gasteiger partial charge in [-0.15, -0.1) is 0 Å². The summed E-state index contributed by atoms with van der Waals surface area (Å²) in [6, 6.07) is 0. The molecule has 5 atom stereocenters. The topological polar surface area (TPSA) is 43.4 Å². The van der Waals surface area contributed by atoms with Crippen molar-refractivity contribution in [1.82, 2.24) is 0 Å². The highest BCUT2D eigenvalue weighted by Crippen LogP contribution is 2.60. The molecule has 0 bridgehead atoms. The van der Waals surface area contributed by atoms with Crippen LogP contribution in [0.3, 0.4) is 0 Å². The third kappa shape index (κ3) is 2.58. The molecule has 2 fully saturated rings. The van der Waals surface area contributed by atoms with E-state index in [1.165, 1.54) is 24.0 Å². The van der Waals surface area contributed by atoms with E-state index in [0.29, 0.717) is 35.7 Å². The molecule has 3 nitrogen and oxygen atoms in total. The van der Waals surface area contributed by atoms with E-state index in [1.54, 1.807) is 12.7 Å². The minimum absolute atomic E-state index is 0.213. The lowest BCUT2D eigenvalue weighted by molar-refractivity contribution is -0.140. The highest BCUT2D eigenvalue weighted by atomic mass is 16.5. The van der Waals surface area contributed by atoms with Gasteiger partial charge in [-0.3, -0.25) is 9.59 Å². The number of hydrogen-bond acceptors (Lipinski definition) is 3. The zero-order valence-corrected chi connectivity index (χ0v) is 15.8. The van der Waals surface area contributed by atoms with Crippen molar-refractivity contribution in [3.63, 3.8) is 0 Å². The number of rotatable bonds is 3. The van der Waals surface area contributed by atoms with Crippen LogP contribution in [0.5, 0.6) is 0 Å². The van der Waals surface area contributed by atoms with Crippen LogP contribution in [-0.2, 0) is 14.3 Å². The van der Waals surface area contributed by atoms with Gasteiger partial charge in [-0.2, -0.15) is 0 Å². The lowest BCUT2D eigenvalue weighted by Crippen LogP contribution is -2.43. The minimum atomic E-state index is -0.297. The predicted molar refractivity (Wildman–Crippen MR) is 97.1 cm³/mol. The van der Waals surface area contributed by atoms with Crippen LogP contribution in [0.15, 0.2) is 22.8 Å². The Kier molecular flexibility index (Phi) is 4.26. The first-order valence-corrected chi connectivity index (χ1v) is 9.98. The van der Waals surface area contributed by atoms with Crippen LogP contribution in [0.25, 0.3) is 0 Å². The second kappa shape index (κ2) is 6.19. The first kappa shape index (κ1) is 17.2. The average Bonchev–Trinajstić information content (AvgIpc) is 2.98. The Morgan fingerprint density at radius 3 is 2.76 bits per heavy atom. The third-order valence-corrected chi connectivity index (χ3v) is 7.76. The first-order chi connectivity index (χ1) is 12.0. The van der Waals surface area contributed by atoms with E-state index in [0.717, 1.165) is 32.1 Å². The lowest BCUT2D eigenvalue weighted by atomic mass is 9.59. The molecule has 0 amide bonds. The lowest BCUT2D eigenvalue weighted by Gasteiger charge is -2.45. The van der Waals surface area contributed by atoms with Gasteiger partial charge in [-0.1, -0.05) is 12.5 Å². The Bertz CT molecular complexity index is 671. The number of hydrogen-bond donors (Lipinski definition) is 0. The summed E-state index contributed by atoms with van der Waals surface area (Å²) < 4.78 is 5.36. The number of carbonyl (C=O) groups excluding carboxylic acids is 2. The van der Waals surface area contributed by atoms with Gasteiger partial charge in [0.2, 0.25) is 0 Å². The fourth-order valence-electron chi connectivity index (χ4n) is 6.40. The summed E-state index contributed by atoms with van der Waals surface area (Å²) in [7, 11) is 1.64. The van der Waals surface area contributed by atoms with Gasteiger partial charge < -0.3 is 4.74 Å². The third-order valence-electron chi connectivity index (χ3n) is 7.76. The SMILES string of the molecule is COC(C)C(=O)C1(C)CCC2C3CCC4=CC(=O)CCC4=C3CCC21. The molecule has 136 valence electrons. The molecule has 4 rings (SSSR count). The molecular formula is C22H30O3. The van der Waals surface area contributed by atoms with Gasteiger partial charge in [0.15, 0.2) is 11.6 Å². The number of fused-ring (bicyclic) bond motifs is 4. The monoisotopic (exact) mass is 342 g/mol. The Balaban J connectivity index is 1.63. The zero-order chi connectivity index (χ0) is 17.8. The number of ketones is 2. The Morgan fingerprint density at radius 1 is 1.20 bits per heavy atom. The van der Waals surface area contributed by atoms with Crippen molar-refractivity contribution in [2.24, 2.45) is 23.2 Å². The van der Waals surface area contributed by atoms with E-state index < -0.39 is 0 Å². The molecule has 5 unspecified atom stereocenters. The maximum atomic E-state index is 13.0. The molecule has 25 heavy (non-hydrogen) atoms. The summed E-state index contributed by atoms with van der Waals surface area (Å²) in [4.78, 5) is 24.8. The van der Waals surface area contributed by atoms with Gasteiger partial charge in [0.1, 0.15) is 6.10 Å². The number of ether oxygens (including phenoxy) is 1. The van der Waals surface area contributed by atoms with E-state index in [-0.39, 0.29) is 11.5 Å². The molecule has 0 spiro atoms. The quantitative estimate of drug-likeness (QED) is 0.763. The fraction of sp³-hybridized carbons (Fsp3) is 0.727. The van der Waals surface area contributed by atoms with Crippen molar-refractivity contribution in [1.29, 1.82) is 0 Å². The van der Waals surface area contributed by atoms with Crippen LogP contribution in [0, 0.1) is 23.2 Å². The van der Waals surface area contributed by atoms with Crippen LogP contribution in [0.1, 0.15) is 65.2 Å². The highest BCUT2D eigenvalue weighted by molar-refractivity contribution is 5.93. The van der Waals surface area contributed by atoms with Crippen LogP contribution in [0.2, 0.25) is 0 Å². The summed E-state index contributed by atoms with van der Waals surface area (Å²) in [5, 5.41) is 0. The maximum absolute atomic E-state index is 13.0. The molecule has 0 saturated heterocycles.